The summed E-state index contributed by atoms with van der Waals surface area (Å²) in [5, 5.41) is 2.46. The van der Waals surface area contributed by atoms with Crippen LogP contribution in [0, 0.1) is 0 Å². The van der Waals surface area contributed by atoms with Crippen LogP contribution in [0.1, 0.15) is 15.9 Å². The highest BCUT2D eigenvalue weighted by molar-refractivity contribution is 6.32. The number of primary amides is 1. The Morgan fingerprint density at radius 3 is 2.78 bits per heavy atom. The molecule has 0 aliphatic carbocycles. The highest BCUT2D eigenvalue weighted by Gasteiger charge is 2.16. The first-order chi connectivity index (χ1) is 11.1. The summed E-state index contributed by atoms with van der Waals surface area (Å²) in [5.41, 5.74) is 9.01. The minimum Gasteiger partial charge on any atom is -0.472 e. The van der Waals surface area contributed by atoms with Crippen LogP contribution in [0.4, 0.5) is 0 Å². The standard InChI is InChI=1S/C18H13ClN2O2/c19-12-4-5-13-16(8-12)21(9-11-6-7-23-10-11)15-3-1-2-14(17(13)15)18(20)22/h1-8,10H,9H2,(H2,20,22). The van der Waals surface area contributed by atoms with Gasteiger partial charge in [-0.3, -0.25) is 4.79 Å². The third kappa shape index (κ3) is 2.19. The van der Waals surface area contributed by atoms with Crippen LogP contribution in [0.2, 0.25) is 5.02 Å². The van der Waals surface area contributed by atoms with Crippen LogP contribution in [-0.2, 0) is 6.54 Å². The third-order valence-electron chi connectivity index (χ3n) is 4.04. The van der Waals surface area contributed by atoms with Crippen molar-refractivity contribution in [3.63, 3.8) is 0 Å². The molecule has 2 aromatic heterocycles. The summed E-state index contributed by atoms with van der Waals surface area (Å²) in [5.74, 6) is -0.437. The molecule has 2 heterocycles. The van der Waals surface area contributed by atoms with Crippen molar-refractivity contribution >= 4 is 39.3 Å². The first-order valence-electron chi connectivity index (χ1n) is 7.16. The lowest BCUT2D eigenvalue weighted by Gasteiger charge is -2.06. The number of carbonyl (C=O) groups is 1. The summed E-state index contributed by atoms with van der Waals surface area (Å²) in [6.07, 6.45) is 3.35. The van der Waals surface area contributed by atoms with Gasteiger partial charge >= 0.3 is 0 Å². The molecule has 0 unspecified atom stereocenters. The van der Waals surface area contributed by atoms with E-state index in [9.17, 15) is 4.79 Å². The van der Waals surface area contributed by atoms with Crippen LogP contribution in [0.15, 0.2) is 59.4 Å². The van der Waals surface area contributed by atoms with E-state index >= 15 is 0 Å². The number of carbonyl (C=O) groups excluding carboxylic acids is 1. The van der Waals surface area contributed by atoms with Crippen LogP contribution < -0.4 is 5.73 Å². The Balaban J connectivity index is 2.11. The lowest BCUT2D eigenvalue weighted by Crippen LogP contribution is -2.11. The largest absolute Gasteiger partial charge is 0.472 e. The number of aromatic nitrogens is 1. The molecule has 23 heavy (non-hydrogen) atoms. The number of rotatable bonds is 3. The van der Waals surface area contributed by atoms with Gasteiger partial charge in [0.1, 0.15) is 0 Å². The van der Waals surface area contributed by atoms with Crippen molar-refractivity contribution < 1.29 is 9.21 Å². The quantitative estimate of drug-likeness (QED) is 0.614. The molecule has 4 nitrogen and oxygen atoms in total. The molecular formula is C18H13ClN2O2. The van der Waals surface area contributed by atoms with Crippen molar-refractivity contribution in [1.29, 1.82) is 0 Å². The van der Waals surface area contributed by atoms with E-state index in [0.717, 1.165) is 27.4 Å². The van der Waals surface area contributed by atoms with E-state index in [1.807, 2.05) is 36.4 Å². The molecule has 2 N–H and O–H groups in total. The number of benzene rings is 2. The molecule has 0 aliphatic heterocycles. The van der Waals surface area contributed by atoms with Crippen molar-refractivity contribution in [2.45, 2.75) is 6.54 Å². The molecule has 0 saturated carbocycles. The SMILES string of the molecule is NC(=O)c1cccc2c1c1ccc(Cl)cc1n2Cc1ccoc1. The fourth-order valence-electron chi connectivity index (χ4n) is 3.06. The highest BCUT2D eigenvalue weighted by atomic mass is 35.5. The number of hydrogen-bond acceptors (Lipinski definition) is 2. The molecule has 1 amide bonds. The Morgan fingerprint density at radius 2 is 2.04 bits per heavy atom. The van der Waals surface area contributed by atoms with Crippen molar-refractivity contribution in [3.8, 4) is 0 Å². The zero-order chi connectivity index (χ0) is 16.0. The molecule has 0 spiro atoms. The monoisotopic (exact) mass is 324 g/mol. The lowest BCUT2D eigenvalue weighted by atomic mass is 10.1. The van der Waals surface area contributed by atoms with Crippen LogP contribution in [-0.4, -0.2) is 10.5 Å². The molecule has 5 heteroatoms. The van der Waals surface area contributed by atoms with Gasteiger partial charge in [-0.05, 0) is 30.3 Å². The topological polar surface area (TPSA) is 61.2 Å². The van der Waals surface area contributed by atoms with Crippen molar-refractivity contribution in [3.05, 3.63) is 71.1 Å². The van der Waals surface area contributed by atoms with Crippen LogP contribution in [0.25, 0.3) is 21.8 Å². The summed E-state index contributed by atoms with van der Waals surface area (Å²) >= 11 is 6.18. The number of furan rings is 1. The minimum absolute atomic E-state index is 0.437. The van der Waals surface area contributed by atoms with Crippen LogP contribution in [0.3, 0.4) is 0 Å². The van der Waals surface area contributed by atoms with Gasteiger partial charge in [-0.1, -0.05) is 23.7 Å². The number of halogens is 1. The van der Waals surface area contributed by atoms with Crippen LogP contribution in [0.5, 0.6) is 0 Å². The van der Waals surface area contributed by atoms with Gasteiger partial charge in [0.15, 0.2) is 0 Å². The maximum absolute atomic E-state index is 11.8. The van der Waals surface area contributed by atoms with Gasteiger partial charge in [-0.25, -0.2) is 0 Å². The molecule has 114 valence electrons. The Kier molecular flexibility index (Phi) is 3.13. The summed E-state index contributed by atoms with van der Waals surface area (Å²) in [6, 6.07) is 13.1. The lowest BCUT2D eigenvalue weighted by molar-refractivity contribution is 0.100. The first kappa shape index (κ1) is 13.9. The van der Waals surface area contributed by atoms with Crippen molar-refractivity contribution in [1.82, 2.24) is 4.57 Å². The summed E-state index contributed by atoms with van der Waals surface area (Å²) in [4.78, 5) is 11.8. The zero-order valence-corrected chi connectivity index (χ0v) is 12.9. The smallest absolute Gasteiger partial charge is 0.249 e. The highest BCUT2D eigenvalue weighted by Crippen LogP contribution is 2.33. The molecule has 4 rings (SSSR count). The number of nitrogens with zero attached hydrogens (tertiary/aromatic N) is 1. The Labute approximate surface area is 137 Å². The van der Waals surface area contributed by atoms with Gasteiger partial charge in [0.25, 0.3) is 0 Å². The number of amides is 1. The molecule has 0 saturated heterocycles. The number of nitrogens with two attached hydrogens (primary N) is 1. The average molecular weight is 325 g/mol. The third-order valence-corrected chi connectivity index (χ3v) is 4.27. The predicted octanol–water partition coefficient (Wildman–Crippen LogP) is 4.19. The van der Waals surface area contributed by atoms with Gasteiger partial charge in [0, 0.05) is 26.9 Å². The van der Waals surface area contributed by atoms with E-state index < -0.39 is 5.91 Å². The normalized spacial score (nSPS) is 11.3. The molecule has 0 radical (unpaired) electrons. The molecule has 0 aliphatic rings. The van der Waals surface area contributed by atoms with Gasteiger partial charge in [-0.2, -0.15) is 0 Å². The van der Waals surface area contributed by atoms with E-state index in [0.29, 0.717) is 17.1 Å². The van der Waals surface area contributed by atoms with E-state index in [1.54, 1.807) is 18.6 Å². The van der Waals surface area contributed by atoms with E-state index in [4.69, 9.17) is 21.8 Å². The van der Waals surface area contributed by atoms with Crippen molar-refractivity contribution in [2.75, 3.05) is 0 Å². The van der Waals surface area contributed by atoms with Gasteiger partial charge in [0.2, 0.25) is 5.91 Å². The first-order valence-corrected chi connectivity index (χ1v) is 7.54. The summed E-state index contributed by atoms with van der Waals surface area (Å²) < 4.78 is 7.28. The fraction of sp³-hybridized carbons (Fsp3) is 0.0556. The van der Waals surface area contributed by atoms with E-state index in [1.165, 1.54) is 0 Å². The Bertz CT molecular complexity index is 1030. The summed E-state index contributed by atoms with van der Waals surface area (Å²) in [6.45, 7) is 0.624. The molecule has 2 aromatic carbocycles. The fourth-order valence-corrected chi connectivity index (χ4v) is 3.22. The average Bonchev–Trinajstić information content (AvgIpc) is 3.14. The van der Waals surface area contributed by atoms with Crippen molar-refractivity contribution in [2.24, 2.45) is 5.73 Å². The molecule has 0 fully saturated rings. The Morgan fingerprint density at radius 1 is 1.17 bits per heavy atom. The molecule has 0 atom stereocenters. The number of hydrogen-bond donors (Lipinski definition) is 1. The molecule has 0 bridgehead atoms. The Hall–Kier alpha value is -2.72. The second-order valence-electron chi connectivity index (χ2n) is 5.44. The molecule has 4 aromatic rings. The summed E-state index contributed by atoms with van der Waals surface area (Å²) in [7, 11) is 0. The maximum atomic E-state index is 11.8. The minimum atomic E-state index is -0.437. The second-order valence-corrected chi connectivity index (χ2v) is 5.88. The number of fused-ring (bicyclic) bond motifs is 3. The van der Waals surface area contributed by atoms with Gasteiger partial charge < -0.3 is 14.7 Å². The predicted molar refractivity (Wildman–Crippen MR) is 90.8 cm³/mol. The van der Waals surface area contributed by atoms with E-state index in [-0.39, 0.29) is 0 Å². The van der Waals surface area contributed by atoms with Gasteiger partial charge in [-0.15, -0.1) is 0 Å². The van der Waals surface area contributed by atoms with Gasteiger partial charge in [0.05, 0.1) is 30.1 Å². The second kappa shape index (κ2) is 5.18. The van der Waals surface area contributed by atoms with Crippen LogP contribution >= 0.6 is 11.6 Å². The zero-order valence-electron chi connectivity index (χ0n) is 12.1. The maximum Gasteiger partial charge on any atom is 0.249 e. The van der Waals surface area contributed by atoms with E-state index in [2.05, 4.69) is 4.57 Å². The molecular weight excluding hydrogens is 312 g/mol.